The molecule has 1 aromatic carbocycles. The Kier molecular flexibility index (Phi) is 6.24. The molecule has 6 heteroatoms. The maximum atomic E-state index is 10.8. The van der Waals surface area contributed by atoms with Crippen LogP contribution in [0.3, 0.4) is 0 Å². The van der Waals surface area contributed by atoms with E-state index in [9.17, 15) is 10.1 Å². The first-order valence-electron chi connectivity index (χ1n) is 5.83. The lowest BCUT2D eigenvalue weighted by Crippen LogP contribution is -2.16. The van der Waals surface area contributed by atoms with Gasteiger partial charge in [-0.05, 0) is 47.8 Å². The van der Waals surface area contributed by atoms with E-state index in [4.69, 9.17) is 5.11 Å². The summed E-state index contributed by atoms with van der Waals surface area (Å²) in [6.45, 7) is 3.11. The molecule has 0 saturated carbocycles. The lowest BCUT2D eigenvalue weighted by molar-refractivity contribution is -0.385. The summed E-state index contributed by atoms with van der Waals surface area (Å²) in [4.78, 5) is 10.4. The van der Waals surface area contributed by atoms with Crippen molar-refractivity contribution in [3.05, 3.63) is 38.3 Å². The van der Waals surface area contributed by atoms with Crippen molar-refractivity contribution in [1.29, 1.82) is 0 Å². The van der Waals surface area contributed by atoms with Gasteiger partial charge in [-0.2, -0.15) is 0 Å². The fourth-order valence-electron chi connectivity index (χ4n) is 1.59. The monoisotopic (exact) mass is 316 g/mol. The van der Waals surface area contributed by atoms with E-state index < -0.39 is 4.92 Å². The van der Waals surface area contributed by atoms with E-state index >= 15 is 0 Å². The third kappa shape index (κ3) is 4.72. The summed E-state index contributed by atoms with van der Waals surface area (Å²) in [5.41, 5.74) is 0.944. The van der Waals surface area contributed by atoms with Gasteiger partial charge in [-0.3, -0.25) is 10.1 Å². The molecular weight excluding hydrogens is 300 g/mol. The van der Waals surface area contributed by atoms with Crippen molar-refractivity contribution in [1.82, 2.24) is 5.32 Å². The van der Waals surface area contributed by atoms with Crippen LogP contribution in [0.5, 0.6) is 0 Å². The molecule has 1 atom stereocenters. The topological polar surface area (TPSA) is 75.4 Å². The summed E-state index contributed by atoms with van der Waals surface area (Å²) >= 11 is 3.25. The van der Waals surface area contributed by atoms with E-state index in [0.29, 0.717) is 11.0 Å². The van der Waals surface area contributed by atoms with Crippen LogP contribution in [-0.4, -0.2) is 22.7 Å². The second kappa shape index (κ2) is 7.45. The van der Waals surface area contributed by atoms with Crippen LogP contribution in [0.1, 0.15) is 25.3 Å². The first-order valence-corrected chi connectivity index (χ1v) is 6.62. The van der Waals surface area contributed by atoms with Gasteiger partial charge in [0.1, 0.15) is 0 Å². The molecule has 1 unspecified atom stereocenters. The maximum Gasteiger partial charge on any atom is 0.283 e. The molecule has 100 valence electrons. The van der Waals surface area contributed by atoms with Gasteiger partial charge in [-0.15, -0.1) is 0 Å². The number of aliphatic hydroxyl groups excluding tert-OH is 1. The Labute approximate surface area is 114 Å². The molecule has 0 aliphatic rings. The third-order valence-corrected chi connectivity index (χ3v) is 3.46. The first kappa shape index (κ1) is 15.1. The van der Waals surface area contributed by atoms with E-state index in [1.54, 1.807) is 13.0 Å². The fourth-order valence-corrected chi connectivity index (χ4v) is 2.14. The van der Waals surface area contributed by atoms with Crippen molar-refractivity contribution >= 4 is 21.6 Å². The minimum absolute atomic E-state index is 0.0817. The summed E-state index contributed by atoms with van der Waals surface area (Å²) in [6, 6.07) is 5.00. The van der Waals surface area contributed by atoms with Crippen molar-refractivity contribution in [3.63, 3.8) is 0 Å². The maximum absolute atomic E-state index is 10.8. The van der Waals surface area contributed by atoms with E-state index in [1.165, 1.54) is 6.07 Å². The molecule has 5 nitrogen and oxygen atoms in total. The first-order chi connectivity index (χ1) is 8.52. The predicted molar refractivity (Wildman–Crippen MR) is 73.4 cm³/mol. The molecule has 0 aliphatic carbocycles. The summed E-state index contributed by atoms with van der Waals surface area (Å²) in [7, 11) is 0. The highest BCUT2D eigenvalue weighted by Gasteiger charge is 2.14. The fraction of sp³-hybridized carbons (Fsp3) is 0.500. The van der Waals surface area contributed by atoms with E-state index in [2.05, 4.69) is 21.2 Å². The Morgan fingerprint density at radius 3 is 2.89 bits per heavy atom. The van der Waals surface area contributed by atoms with Gasteiger partial charge in [0.15, 0.2) is 0 Å². The molecule has 0 amide bonds. The minimum atomic E-state index is -0.402. The molecule has 0 saturated heterocycles. The molecule has 0 heterocycles. The van der Waals surface area contributed by atoms with Gasteiger partial charge in [0.25, 0.3) is 5.69 Å². The van der Waals surface area contributed by atoms with Gasteiger partial charge >= 0.3 is 0 Å². The van der Waals surface area contributed by atoms with Crippen LogP contribution >= 0.6 is 15.9 Å². The Morgan fingerprint density at radius 2 is 2.28 bits per heavy atom. The van der Waals surface area contributed by atoms with Crippen LogP contribution < -0.4 is 5.32 Å². The number of nitro benzene ring substituents is 1. The standard InChI is InChI=1S/C12H17BrN2O3/c1-9(16)4-3-7-14-8-10-5-2-6-11(12(10)13)15(17)18/h2,5-6,9,14,16H,3-4,7-8H2,1H3. The Bertz CT molecular complexity index is 410. The van der Waals surface area contributed by atoms with Crippen molar-refractivity contribution in [3.8, 4) is 0 Å². The third-order valence-electron chi connectivity index (χ3n) is 2.55. The SMILES string of the molecule is CC(O)CCCNCc1cccc([N+](=O)[O-])c1Br. The van der Waals surface area contributed by atoms with Gasteiger partial charge in [-0.1, -0.05) is 12.1 Å². The summed E-state index contributed by atoms with van der Waals surface area (Å²) in [5, 5.41) is 23.1. The molecule has 1 aromatic rings. The number of nitro groups is 1. The van der Waals surface area contributed by atoms with Crippen LogP contribution in [-0.2, 0) is 6.54 Å². The number of hydrogen-bond acceptors (Lipinski definition) is 4. The smallest absolute Gasteiger partial charge is 0.283 e. The summed E-state index contributed by atoms with van der Waals surface area (Å²) in [6.07, 6.45) is 1.35. The molecule has 1 rings (SSSR count). The molecule has 0 radical (unpaired) electrons. The van der Waals surface area contributed by atoms with E-state index in [0.717, 1.165) is 24.9 Å². The molecule has 0 aromatic heterocycles. The van der Waals surface area contributed by atoms with Gasteiger partial charge in [0, 0.05) is 12.6 Å². The Hall–Kier alpha value is -0.980. The van der Waals surface area contributed by atoms with E-state index in [1.807, 2.05) is 6.07 Å². The molecular formula is C12H17BrN2O3. The zero-order valence-corrected chi connectivity index (χ0v) is 11.8. The number of halogens is 1. The van der Waals surface area contributed by atoms with Gasteiger partial charge in [0.2, 0.25) is 0 Å². The van der Waals surface area contributed by atoms with Gasteiger partial charge < -0.3 is 10.4 Å². The quantitative estimate of drug-likeness (QED) is 0.460. The second-order valence-corrected chi connectivity index (χ2v) is 4.97. The van der Waals surface area contributed by atoms with Crippen LogP contribution in [0.15, 0.2) is 22.7 Å². The van der Waals surface area contributed by atoms with Crippen molar-refractivity contribution in [2.75, 3.05) is 6.54 Å². The molecule has 2 N–H and O–H groups in total. The van der Waals surface area contributed by atoms with Crippen LogP contribution in [0.4, 0.5) is 5.69 Å². The number of nitrogens with one attached hydrogen (secondary N) is 1. The van der Waals surface area contributed by atoms with Crippen LogP contribution in [0.2, 0.25) is 0 Å². The normalized spacial score (nSPS) is 12.4. The lowest BCUT2D eigenvalue weighted by Gasteiger charge is -2.08. The van der Waals surface area contributed by atoms with Crippen LogP contribution in [0, 0.1) is 10.1 Å². The van der Waals surface area contributed by atoms with Crippen LogP contribution in [0.25, 0.3) is 0 Å². The van der Waals surface area contributed by atoms with Gasteiger partial charge in [-0.25, -0.2) is 0 Å². The number of nitrogens with zero attached hydrogens (tertiary/aromatic N) is 1. The Balaban J connectivity index is 2.48. The highest BCUT2D eigenvalue weighted by atomic mass is 79.9. The predicted octanol–water partition coefficient (Wildman–Crippen LogP) is 2.61. The molecule has 0 aliphatic heterocycles. The zero-order valence-electron chi connectivity index (χ0n) is 10.2. The van der Waals surface area contributed by atoms with Crippen molar-refractivity contribution in [2.45, 2.75) is 32.4 Å². The zero-order chi connectivity index (χ0) is 13.5. The molecule has 0 bridgehead atoms. The number of hydrogen-bond donors (Lipinski definition) is 2. The van der Waals surface area contributed by atoms with Crippen molar-refractivity contribution < 1.29 is 10.0 Å². The number of rotatable bonds is 7. The summed E-state index contributed by atoms with van der Waals surface area (Å²) in [5.74, 6) is 0. The second-order valence-electron chi connectivity index (χ2n) is 4.18. The highest BCUT2D eigenvalue weighted by molar-refractivity contribution is 9.10. The summed E-state index contributed by atoms with van der Waals surface area (Å²) < 4.78 is 0.526. The Morgan fingerprint density at radius 1 is 1.56 bits per heavy atom. The minimum Gasteiger partial charge on any atom is -0.393 e. The molecule has 0 spiro atoms. The number of aliphatic hydroxyl groups is 1. The van der Waals surface area contributed by atoms with Gasteiger partial charge in [0.05, 0.1) is 15.5 Å². The lowest BCUT2D eigenvalue weighted by atomic mass is 10.2. The number of benzene rings is 1. The van der Waals surface area contributed by atoms with Crippen molar-refractivity contribution in [2.24, 2.45) is 0 Å². The average Bonchev–Trinajstić information content (AvgIpc) is 2.30. The molecule has 0 fully saturated rings. The molecule has 18 heavy (non-hydrogen) atoms. The highest BCUT2D eigenvalue weighted by Crippen LogP contribution is 2.27. The van der Waals surface area contributed by atoms with E-state index in [-0.39, 0.29) is 11.8 Å². The largest absolute Gasteiger partial charge is 0.393 e. The average molecular weight is 317 g/mol.